The molecule has 2 N–H and O–H groups in total. The van der Waals surface area contributed by atoms with Crippen molar-refractivity contribution in [2.75, 3.05) is 13.1 Å². The van der Waals surface area contributed by atoms with Gasteiger partial charge < -0.3 is 10.6 Å². The van der Waals surface area contributed by atoms with E-state index >= 15 is 0 Å². The first-order chi connectivity index (χ1) is 10.5. The molecule has 1 aromatic heterocycles. The van der Waals surface area contributed by atoms with Crippen LogP contribution in [0.25, 0.3) is 0 Å². The number of nitrogens with one attached hydrogen (secondary N) is 2. The molecule has 1 aromatic rings. The van der Waals surface area contributed by atoms with Crippen molar-refractivity contribution in [2.24, 2.45) is 18.0 Å². The molecule has 0 fully saturated rings. The molecule has 0 amide bonds. The molecule has 1 unspecified atom stereocenters. The molecule has 0 aromatic carbocycles. The third-order valence-corrected chi connectivity index (χ3v) is 3.57. The summed E-state index contributed by atoms with van der Waals surface area (Å²) < 4.78 is 1.83. The summed E-state index contributed by atoms with van der Waals surface area (Å²) in [7, 11) is 1.94. The first kappa shape index (κ1) is 18.5. The molecule has 1 heterocycles. The minimum absolute atomic E-state index is 0.454. The van der Waals surface area contributed by atoms with E-state index in [1.165, 1.54) is 24.8 Å². The van der Waals surface area contributed by atoms with Gasteiger partial charge in [-0.2, -0.15) is 5.10 Å². The van der Waals surface area contributed by atoms with Crippen LogP contribution in [0, 0.1) is 5.92 Å². The molecule has 0 aliphatic carbocycles. The molecule has 0 radical (unpaired) electrons. The third-order valence-electron chi connectivity index (χ3n) is 3.57. The van der Waals surface area contributed by atoms with E-state index in [-0.39, 0.29) is 0 Å². The summed E-state index contributed by atoms with van der Waals surface area (Å²) in [6, 6.07) is 0.454. The van der Waals surface area contributed by atoms with Crippen LogP contribution in [0.15, 0.2) is 17.4 Å². The second kappa shape index (κ2) is 10.2. The molecule has 5 nitrogen and oxygen atoms in total. The quantitative estimate of drug-likeness (QED) is 0.545. The van der Waals surface area contributed by atoms with Crippen LogP contribution in [-0.2, 0) is 13.5 Å². The molecule has 126 valence electrons. The van der Waals surface area contributed by atoms with Gasteiger partial charge >= 0.3 is 0 Å². The molecular formula is C17H33N5. The SMILES string of the molecule is CCNC(=NCCc1cnn(C)c1)NC(C)CCCC(C)C. The number of aryl methyl sites for hydroxylation is 1. The van der Waals surface area contributed by atoms with E-state index in [1.807, 2.05) is 24.1 Å². The smallest absolute Gasteiger partial charge is 0.191 e. The molecule has 22 heavy (non-hydrogen) atoms. The summed E-state index contributed by atoms with van der Waals surface area (Å²) in [6.07, 6.45) is 8.62. The first-order valence-electron chi connectivity index (χ1n) is 8.53. The normalized spacial score (nSPS) is 13.5. The van der Waals surface area contributed by atoms with Gasteiger partial charge in [0.15, 0.2) is 5.96 Å². The molecule has 0 aliphatic rings. The summed E-state index contributed by atoms with van der Waals surface area (Å²) in [4.78, 5) is 4.66. The Morgan fingerprint density at radius 2 is 2.09 bits per heavy atom. The molecule has 0 saturated carbocycles. The molecule has 1 rings (SSSR count). The van der Waals surface area contributed by atoms with E-state index in [2.05, 4.69) is 48.4 Å². The Bertz CT molecular complexity index is 436. The van der Waals surface area contributed by atoms with E-state index in [4.69, 9.17) is 0 Å². The summed E-state index contributed by atoms with van der Waals surface area (Å²) in [5.41, 5.74) is 1.23. The number of nitrogens with zero attached hydrogens (tertiary/aromatic N) is 3. The van der Waals surface area contributed by atoms with Crippen LogP contribution in [0.5, 0.6) is 0 Å². The molecular weight excluding hydrogens is 274 g/mol. The molecule has 0 bridgehead atoms. The van der Waals surface area contributed by atoms with Crippen LogP contribution in [0.3, 0.4) is 0 Å². The van der Waals surface area contributed by atoms with Gasteiger partial charge in [-0.15, -0.1) is 0 Å². The van der Waals surface area contributed by atoms with Crippen LogP contribution < -0.4 is 10.6 Å². The van der Waals surface area contributed by atoms with Gasteiger partial charge in [-0.3, -0.25) is 9.67 Å². The van der Waals surface area contributed by atoms with Gasteiger partial charge in [0.2, 0.25) is 0 Å². The maximum absolute atomic E-state index is 4.66. The zero-order valence-corrected chi connectivity index (χ0v) is 14.9. The lowest BCUT2D eigenvalue weighted by molar-refractivity contribution is 0.491. The molecule has 0 aliphatic heterocycles. The van der Waals surface area contributed by atoms with Gasteiger partial charge in [0, 0.05) is 32.4 Å². The topological polar surface area (TPSA) is 54.2 Å². The van der Waals surface area contributed by atoms with Crippen LogP contribution in [0.1, 0.15) is 52.5 Å². The maximum Gasteiger partial charge on any atom is 0.191 e. The summed E-state index contributed by atoms with van der Waals surface area (Å²) in [5.74, 6) is 1.71. The summed E-state index contributed by atoms with van der Waals surface area (Å²) in [5, 5.41) is 11.0. The van der Waals surface area contributed by atoms with Gasteiger partial charge in [-0.1, -0.05) is 26.7 Å². The third kappa shape index (κ3) is 8.05. The number of aromatic nitrogens is 2. The van der Waals surface area contributed by atoms with Crippen molar-refractivity contribution in [3.63, 3.8) is 0 Å². The van der Waals surface area contributed by atoms with E-state index in [0.717, 1.165) is 31.4 Å². The lowest BCUT2D eigenvalue weighted by Crippen LogP contribution is -2.42. The number of rotatable bonds is 9. The van der Waals surface area contributed by atoms with Crippen molar-refractivity contribution in [3.05, 3.63) is 18.0 Å². The van der Waals surface area contributed by atoms with Crippen molar-refractivity contribution >= 4 is 5.96 Å². The largest absolute Gasteiger partial charge is 0.357 e. The Kier molecular flexibility index (Phi) is 8.63. The van der Waals surface area contributed by atoms with E-state index in [1.54, 1.807) is 0 Å². The van der Waals surface area contributed by atoms with Crippen LogP contribution in [0.4, 0.5) is 0 Å². The minimum atomic E-state index is 0.454. The van der Waals surface area contributed by atoms with Crippen molar-refractivity contribution in [1.82, 2.24) is 20.4 Å². The monoisotopic (exact) mass is 307 g/mol. The highest BCUT2D eigenvalue weighted by Crippen LogP contribution is 2.08. The van der Waals surface area contributed by atoms with Crippen molar-refractivity contribution in [1.29, 1.82) is 0 Å². The highest BCUT2D eigenvalue weighted by atomic mass is 15.2. The fourth-order valence-corrected chi connectivity index (χ4v) is 2.36. The second-order valence-electron chi connectivity index (χ2n) is 6.40. The van der Waals surface area contributed by atoms with Crippen molar-refractivity contribution < 1.29 is 0 Å². The minimum Gasteiger partial charge on any atom is -0.357 e. The summed E-state index contributed by atoms with van der Waals surface area (Å²) >= 11 is 0. The van der Waals surface area contributed by atoms with E-state index in [9.17, 15) is 0 Å². The van der Waals surface area contributed by atoms with Gasteiger partial charge in [0.25, 0.3) is 0 Å². The van der Waals surface area contributed by atoms with Crippen molar-refractivity contribution in [3.8, 4) is 0 Å². The number of aliphatic imine (C=N–C) groups is 1. The highest BCUT2D eigenvalue weighted by molar-refractivity contribution is 5.80. The Labute approximate surface area is 135 Å². The Balaban J connectivity index is 2.37. The molecule has 0 spiro atoms. The average molecular weight is 307 g/mol. The van der Waals surface area contributed by atoms with Gasteiger partial charge in [0.05, 0.1) is 6.20 Å². The Morgan fingerprint density at radius 3 is 2.68 bits per heavy atom. The van der Waals surface area contributed by atoms with Gasteiger partial charge in [0.1, 0.15) is 0 Å². The lowest BCUT2D eigenvalue weighted by atomic mass is 10.0. The molecule has 1 atom stereocenters. The predicted molar refractivity (Wildman–Crippen MR) is 94.2 cm³/mol. The van der Waals surface area contributed by atoms with Gasteiger partial charge in [-0.25, -0.2) is 0 Å². The first-order valence-corrected chi connectivity index (χ1v) is 8.53. The Morgan fingerprint density at radius 1 is 1.32 bits per heavy atom. The molecule has 5 heteroatoms. The summed E-state index contributed by atoms with van der Waals surface area (Å²) in [6.45, 7) is 10.6. The number of hydrogen-bond donors (Lipinski definition) is 2. The average Bonchev–Trinajstić information content (AvgIpc) is 2.84. The predicted octanol–water partition coefficient (Wildman–Crippen LogP) is 2.73. The Hall–Kier alpha value is -1.52. The van der Waals surface area contributed by atoms with Crippen LogP contribution >= 0.6 is 0 Å². The number of hydrogen-bond acceptors (Lipinski definition) is 2. The fraction of sp³-hybridized carbons (Fsp3) is 0.765. The van der Waals surface area contributed by atoms with Crippen LogP contribution in [0.2, 0.25) is 0 Å². The standard InChI is InChI=1S/C17H33N5/c1-6-18-17(21-15(4)9-7-8-14(2)3)19-11-10-16-12-20-22(5)13-16/h12-15H,6-11H2,1-5H3,(H2,18,19,21). The van der Waals surface area contributed by atoms with E-state index < -0.39 is 0 Å². The zero-order chi connectivity index (χ0) is 16.4. The van der Waals surface area contributed by atoms with Gasteiger partial charge in [-0.05, 0) is 38.2 Å². The molecule has 0 saturated heterocycles. The van der Waals surface area contributed by atoms with Crippen LogP contribution in [-0.4, -0.2) is 34.9 Å². The number of guanidine groups is 1. The zero-order valence-electron chi connectivity index (χ0n) is 14.9. The second-order valence-corrected chi connectivity index (χ2v) is 6.40. The highest BCUT2D eigenvalue weighted by Gasteiger charge is 2.05. The maximum atomic E-state index is 4.66. The fourth-order valence-electron chi connectivity index (χ4n) is 2.36. The van der Waals surface area contributed by atoms with Crippen molar-refractivity contribution in [2.45, 2.75) is 59.4 Å². The van der Waals surface area contributed by atoms with E-state index in [0.29, 0.717) is 6.04 Å². The lowest BCUT2D eigenvalue weighted by Gasteiger charge is -2.18.